The summed E-state index contributed by atoms with van der Waals surface area (Å²) in [6.45, 7) is 1.86. The molecule has 23 heavy (non-hydrogen) atoms. The molecule has 0 spiro atoms. The molecule has 0 heterocycles. The molecular weight excluding hydrogens is 292 g/mol. The van der Waals surface area contributed by atoms with Gasteiger partial charge < -0.3 is 19.7 Å². The minimum Gasteiger partial charge on any atom is -0.496 e. The molecule has 0 aromatic heterocycles. The van der Waals surface area contributed by atoms with Gasteiger partial charge in [0.2, 0.25) is 0 Å². The van der Waals surface area contributed by atoms with Crippen LogP contribution >= 0.6 is 0 Å². The van der Waals surface area contributed by atoms with Crippen LogP contribution in [0.1, 0.15) is 15.9 Å². The number of anilines is 2. The monoisotopic (exact) mass is 314 g/mol. The fourth-order valence-electron chi connectivity index (χ4n) is 2.38. The molecule has 0 aliphatic carbocycles. The number of amides is 1. The fraction of sp³-hybridized carbons (Fsp3) is 0.278. The molecular formula is C18H22N2O3. The quantitative estimate of drug-likeness (QED) is 0.920. The maximum Gasteiger partial charge on any atom is 0.259 e. The Labute approximate surface area is 136 Å². The van der Waals surface area contributed by atoms with E-state index >= 15 is 0 Å². The summed E-state index contributed by atoms with van der Waals surface area (Å²) >= 11 is 0. The van der Waals surface area contributed by atoms with Crippen LogP contribution in [0.4, 0.5) is 11.4 Å². The number of methoxy groups -OCH3 is 2. The normalized spacial score (nSPS) is 10.1. The third-order valence-corrected chi connectivity index (χ3v) is 3.67. The smallest absolute Gasteiger partial charge is 0.259 e. The number of hydrogen-bond donors (Lipinski definition) is 1. The zero-order valence-corrected chi connectivity index (χ0v) is 14.1. The van der Waals surface area contributed by atoms with Gasteiger partial charge in [-0.2, -0.15) is 0 Å². The molecule has 1 amide bonds. The number of carbonyl (C=O) groups excluding carboxylic acids is 1. The first-order chi connectivity index (χ1) is 11.0. The van der Waals surface area contributed by atoms with E-state index in [9.17, 15) is 4.79 Å². The summed E-state index contributed by atoms with van der Waals surface area (Å²) in [4.78, 5) is 14.5. The average Bonchev–Trinajstić information content (AvgIpc) is 2.54. The molecule has 2 aromatic carbocycles. The Balaban J connectivity index is 2.25. The molecule has 0 saturated heterocycles. The molecule has 0 unspecified atom stereocenters. The maximum absolute atomic E-state index is 12.5. The number of hydrogen-bond acceptors (Lipinski definition) is 4. The summed E-state index contributed by atoms with van der Waals surface area (Å²) in [5.74, 6) is 0.991. The molecule has 0 aliphatic heterocycles. The van der Waals surface area contributed by atoms with Gasteiger partial charge in [0.05, 0.1) is 19.8 Å². The highest BCUT2D eigenvalue weighted by Gasteiger charge is 2.17. The molecule has 2 rings (SSSR count). The lowest BCUT2D eigenvalue weighted by molar-refractivity contribution is 0.102. The van der Waals surface area contributed by atoms with Crippen LogP contribution in [0.3, 0.4) is 0 Å². The minimum absolute atomic E-state index is 0.217. The lowest BCUT2D eigenvalue weighted by atomic mass is 10.1. The van der Waals surface area contributed by atoms with E-state index in [4.69, 9.17) is 9.47 Å². The van der Waals surface area contributed by atoms with Gasteiger partial charge in [-0.05, 0) is 43.3 Å². The van der Waals surface area contributed by atoms with E-state index in [1.165, 1.54) is 0 Å². The van der Waals surface area contributed by atoms with Gasteiger partial charge in [0, 0.05) is 31.0 Å². The molecule has 0 radical (unpaired) electrons. The Morgan fingerprint density at radius 3 is 2.17 bits per heavy atom. The van der Waals surface area contributed by atoms with E-state index < -0.39 is 0 Å². The van der Waals surface area contributed by atoms with Crippen molar-refractivity contribution in [1.29, 1.82) is 0 Å². The third-order valence-electron chi connectivity index (χ3n) is 3.67. The largest absolute Gasteiger partial charge is 0.496 e. The van der Waals surface area contributed by atoms with Crippen LogP contribution in [0.15, 0.2) is 36.4 Å². The summed E-state index contributed by atoms with van der Waals surface area (Å²) in [5, 5.41) is 2.89. The first-order valence-electron chi connectivity index (χ1n) is 7.28. The van der Waals surface area contributed by atoms with Gasteiger partial charge in [-0.1, -0.05) is 0 Å². The van der Waals surface area contributed by atoms with Crippen molar-refractivity contribution in [3.05, 3.63) is 47.5 Å². The van der Waals surface area contributed by atoms with E-state index in [0.717, 1.165) is 16.9 Å². The lowest BCUT2D eigenvalue weighted by Crippen LogP contribution is -2.14. The highest BCUT2D eigenvalue weighted by molar-refractivity contribution is 6.06. The zero-order valence-electron chi connectivity index (χ0n) is 14.1. The van der Waals surface area contributed by atoms with E-state index in [0.29, 0.717) is 17.1 Å². The average molecular weight is 314 g/mol. The molecule has 0 fully saturated rings. The zero-order chi connectivity index (χ0) is 17.0. The first-order valence-corrected chi connectivity index (χ1v) is 7.28. The van der Waals surface area contributed by atoms with Crippen molar-refractivity contribution in [3.63, 3.8) is 0 Å². The maximum atomic E-state index is 12.5. The van der Waals surface area contributed by atoms with Crippen LogP contribution in [-0.2, 0) is 0 Å². The number of ether oxygens (including phenoxy) is 2. The van der Waals surface area contributed by atoms with Gasteiger partial charge in [0.1, 0.15) is 11.5 Å². The Morgan fingerprint density at radius 2 is 1.65 bits per heavy atom. The van der Waals surface area contributed by atoms with Crippen LogP contribution in [0.25, 0.3) is 0 Å². The summed E-state index contributed by atoms with van der Waals surface area (Å²) in [6, 6.07) is 11.1. The molecule has 5 nitrogen and oxygen atoms in total. The molecule has 1 N–H and O–H groups in total. The summed E-state index contributed by atoms with van der Waals surface area (Å²) in [7, 11) is 7.08. The predicted molar refractivity (Wildman–Crippen MR) is 93.0 cm³/mol. The van der Waals surface area contributed by atoms with Gasteiger partial charge in [0.25, 0.3) is 5.91 Å². The number of benzene rings is 2. The van der Waals surface area contributed by atoms with Crippen molar-refractivity contribution in [3.8, 4) is 11.5 Å². The van der Waals surface area contributed by atoms with E-state index in [2.05, 4.69) is 5.32 Å². The molecule has 5 heteroatoms. The van der Waals surface area contributed by atoms with Crippen LogP contribution in [0, 0.1) is 6.92 Å². The van der Waals surface area contributed by atoms with Gasteiger partial charge in [-0.3, -0.25) is 4.79 Å². The summed E-state index contributed by atoms with van der Waals surface area (Å²) in [5.41, 5.74) is 3.07. The number of nitrogens with one attached hydrogen (secondary N) is 1. The topological polar surface area (TPSA) is 50.8 Å². The van der Waals surface area contributed by atoms with Crippen LogP contribution in [0.5, 0.6) is 11.5 Å². The Hall–Kier alpha value is -2.69. The van der Waals surface area contributed by atoms with Crippen molar-refractivity contribution in [2.24, 2.45) is 0 Å². The van der Waals surface area contributed by atoms with Crippen molar-refractivity contribution in [1.82, 2.24) is 0 Å². The second-order valence-corrected chi connectivity index (χ2v) is 5.37. The van der Waals surface area contributed by atoms with E-state index in [-0.39, 0.29) is 5.91 Å². The van der Waals surface area contributed by atoms with Crippen LogP contribution in [0.2, 0.25) is 0 Å². The SMILES string of the molecule is COc1ccc(C(=O)Nc2ccc(N(C)C)cc2)c(OC)c1C. The molecule has 0 saturated carbocycles. The Morgan fingerprint density at radius 1 is 1.00 bits per heavy atom. The number of carbonyl (C=O) groups is 1. The van der Waals surface area contributed by atoms with Crippen molar-refractivity contribution >= 4 is 17.3 Å². The Bertz CT molecular complexity index is 694. The van der Waals surface area contributed by atoms with E-state index in [1.54, 1.807) is 26.4 Å². The third kappa shape index (κ3) is 3.56. The van der Waals surface area contributed by atoms with Gasteiger partial charge in [-0.15, -0.1) is 0 Å². The summed E-state index contributed by atoms with van der Waals surface area (Å²) < 4.78 is 10.6. The van der Waals surface area contributed by atoms with Crippen LogP contribution in [-0.4, -0.2) is 34.2 Å². The molecule has 0 aliphatic rings. The lowest BCUT2D eigenvalue weighted by Gasteiger charge is -2.15. The molecule has 0 atom stereocenters. The molecule has 2 aromatic rings. The van der Waals surface area contributed by atoms with Gasteiger partial charge in [0.15, 0.2) is 0 Å². The molecule has 122 valence electrons. The van der Waals surface area contributed by atoms with Crippen molar-refractivity contribution in [2.75, 3.05) is 38.5 Å². The molecule has 0 bridgehead atoms. The van der Waals surface area contributed by atoms with Crippen LogP contribution < -0.4 is 19.7 Å². The highest BCUT2D eigenvalue weighted by atomic mass is 16.5. The second-order valence-electron chi connectivity index (χ2n) is 5.37. The number of nitrogens with zero attached hydrogens (tertiary/aromatic N) is 1. The summed E-state index contributed by atoms with van der Waals surface area (Å²) in [6.07, 6.45) is 0. The van der Waals surface area contributed by atoms with Gasteiger partial charge >= 0.3 is 0 Å². The predicted octanol–water partition coefficient (Wildman–Crippen LogP) is 3.33. The van der Waals surface area contributed by atoms with Gasteiger partial charge in [-0.25, -0.2) is 0 Å². The van der Waals surface area contributed by atoms with Crippen molar-refractivity contribution < 1.29 is 14.3 Å². The number of rotatable bonds is 5. The minimum atomic E-state index is -0.217. The van der Waals surface area contributed by atoms with Crippen molar-refractivity contribution in [2.45, 2.75) is 6.92 Å². The fourth-order valence-corrected chi connectivity index (χ4v) is 2.38. The van der Waals surface area contributed by atoms with E-state index in [1.807, 2.05) is 50.2 Å². The first kappa shape index (κ1) is 16.7. The second kappa shape index (κ2) is 7.05. The standard InChI is InChI=1S/C18H22N2O3/c1-12-16(22-4)11-10-15(17(12)23-5)18(21)19-13-6-8-14(9-7-13)20(2)3/h6-11H,1-5H3,(H,19,21). The highest BCUT2D eigenvalue weighted by Crippen LogP contribution is 2.31. The Kier molecular flexibility index (Phi) is 5.11.